The number of fused-ring (bicyclic) bond motifs is 1. The van der Waals surface area contributed by atoms with Crippen LogP contribution in [0.15, 0.2) is 24.3 Å². The highest BCUT2D eigenvalue weighted by molar-refractivity contribution is 7.15. The molecule has 0 amide bonds. The molecule has 106 valence electrons. The molecular formula is C15H17FN2OS. The van der Waals surface area contributed by atoms with Crippen molar-refractivity contribution < 1.29 is 9.50 Å². The largest absolute Gasteiger partial charge is 0.387 e. The first-order valence-electron chi connectivity index (χ1n) is 6.77. The van der Waals surface area contributed by atoms with E-state index in [2.05, 4.69) is 4.98 Å². The maximum atomic E-state index is 13.7. The van der Waals surface area contributed by atoms with E-state index in [0.717, 1.165) is 30.1 Å². The van der Waals surface area contributed by atoms with Crippen LogP contribution in [0.25, 0.3) is 0 Å². The van der Waals surface area contributed by atoms with E-state index in [1.54, 1.807) is 23.5 Å². The van der Waals surface area contributed by atoms with Crippen LogP contribution >= 0.6 is 11.3 Å². The lowest BCUT2D eigenvalue weighted by Gasteiger charge is -2.16. The Morgan fingerprint density at radius 3 is 3.00 bits per heavy atom. The lowest BCUT2D eigenvalue weighted by atomic mass is 10.0. The third-order valence-electron chi connectivity index (χ3n) is 3.61. The van der Waals surface area contributed by atoms with E-state index >= 15 is 0 Å². The Hall–Kier alpha value is -1.46. The van der Waals surface area contributed by atoms with Crippen LogP contribution in [0.5, 0.6) is 0 Å². The summed E-state index contributed by atoms with van der Waals surface area (Å²) < 4.78 is 13.7. The third kappa shape index (κ3) is 2.55. The smallest absolute Gasteiger partial charge is 0.185 e. The van der Waals surface area contributed by atoms with Crippen molar-refractivity contribution >= 4 is 16.5 Å². The number of hydrogen-bond donors (Lipinski definition) is 1. The van der Waals surface area contributed by atoms with Gasteiger partial charge in [0.2, 0.25) is 0 Å². The molecule has 0 radical (unpaired) electrons. The van der Waals surface area contributed by atoms with Crippen LogP contribution in [0.2, 0.25) is 0 Å². The second-order valence-electron chi connectivity index (χ2n) is 5.16. The van der Waals surface area contributed by atoms with Gasteiger partial charge in [0.25, 0.3) is 0 Å². The van der Waals surface area contributed by atoms with Gasteiger partial charge in [0.15, 0.2) is 5.13 Å². The molecule has 1 heterocycles. The van der Waals surface area contributed by atoms with Crippen molar-refractivity contribution in [3.63, 3.8) is 0 Å². The number of aromatic nitrogens is 1. The molecule has 3 nitrogen and oxygen atoms in total. The lowest BCUT2D eigenvalue weighted by Crippen LogP contribution is -2.17. The number of thiazole rings is 1. The van der Waals surface area contributed by atoms with Crippen LogP contribution in [-0.2, 0) is 13.0 Å². The van der Waals surface area contributed by atoms with Crippen LogP contribution in [0, 0.1) is 5.82 Å². The van der Waals surface area contributed by atoms with Gasteiger partial charge < -0.3 is 10.0 Å². The van der Waals surface area contributed by atoms with Crippen LogP contribution < -0.4 is 4.90 Å². The van der Waals surface area contributed by atoms with E-state index in [-0.39, 0.29) is 5.82 Å². The summed E-state index contributed by atoms with van der Waals surface area (Å²) in [7, 11) is 1.91. The van der Waals surface area contributed by atoms with E-state index in [0.29, 0.717) is 12.1 Å². The minimum atomic E-state index is -0.439. The second kappa shape index (κ2) is 5.50. The Balaban J connectivity index is 1.81. The number of halogens is 1. The van der Waals surface area contributed by atoms with Crippen molar-refractivity contribution in [2.75, 3.05) is 11.9 Å². The summed E-state index contributed by atoms with van der Waals surface area (Å²) >= 11 is 1.60. The molecule has 5 heteroatoms. The predicted molar refractivity (Wildman–Crippen MR) is 78.5 cm³/mol. The number of anilines is 1. The predicted octanol–water partition coefficient (Wildman–Crippen LogP) is 3.29. The number of aliphatic hydroxyl groups is 1. The highest BCUT2D eigenvalue weighted by Gasteiger charge is 2.24. The molecule has 1 atom stereocenters. The first-order chi connectivity index (χ1) is 9.65. The van der Waals surface area contributed by atoms with Crippen molar-refractivity contribution in [2.24, 2.45) is 0 Å². The van der Waals surface area contributed by atoms with E-state index in [4.69, 9.17) is 0 Å². The lowest BCUT2D eigenvalue weighted by molar-refractivity contribution is 0.153. The summed E-state index contributed by atoms with van der Waals surface area (Å²) in [5, 5.41) is 10.8. The first kappa shape index (κ1) is 13.5. The Labute approximate surface area is 121 Å². The molecule has 3 rings (SSSR count). The highest BCUT2D eigenvalue weighted by Crippen LogP contribution is 2.36. The van der Waals surface area contributed by atoms with Crippen molar-refractivity contribution in [3.05, 3.63) is 46.2 Å². The van der Waals surface area contributed by atoms with Crippen molar-refractivity contribution in [1.82, 2.24) is 4.98 Å². The molecular weight excluding hydrogens is 275 g/mol. The molecule has 20 heavy (non-hydrogen) atoms. The van der Waals surface area contributed by atoms with E-state index in [1.807, 2.05) is 18.0 Å². The number of hydrogen-bond acceptors (Lipinski definition) is 4. The summed E-state index contributed by atoms with van der Waals surface area (Å²) in [5.41, 5.74) is 1.47. The topological polar surface area (TPSA) is 36.4 Å². The minimum absolute atomic E-state index is 0.194. The number of rotatable bonds is 3. The van der Waals surface area contributed by atoms with Crippen LogP contribution in [0.4, 0.5) is 9.52 Å². The first-order valence-corrected chi connectivity index (χ1v) is 7.59. The van der Waals surface area contributed by atoms with Gasteiger partial charge in [-0.15, -0.1) is 11.3 Å². The molecule has 0 aliphatic heterocycles. The van der Waals surface area contributed by atoms with Gasteiger partial charge in [-0.3, -0.25) is 0 Å². The number of benzene rings is 1. The molecule has 1 unspecified atom stereocenters. The van der Waals surface area contributed by atoms with Crippen molar-refractivity contribution in [3.8, 4) is 0 Å². The average Bonchev–Trinajstić information content (AvgIpc) is 2.87. The summed E-state index contributed by atoms with van der Waals surface area (Å²) in [5.74, 6) is -0.194. The van der Waals surface area contributed by atoms with Crippen molar-refractivity contribution in [2.45, 2.75) is 31.9 Å². The molecule has 0 bridgehead atoms. The quantitative estimate of drug-likeness (QED) is 0.943. The van der Waals surface area contributed by atoms with Gasteiger partial charge >= 0.3 is 0 Å². The number of aryl methyl sites for hydroxylation is 1. The minimum Gasteiger partial charge on any atom is -0.387 e. The SMILES string of the molecule is CN(Cc1ccccc1F)c1nc2c(s1)CCCC2O. The maximum absolute atomic E-state index is 13.7. The summed E-state index contributed by atoms with van der Waals surface area (Å²) in [6, 6.07) is 6.79. The molecule has 0 saturated carbocycles. The summed E-state index contributed by atoms with van der Waals surface area (Å²) in [6.07, 6.45) is 2.34. The van der Waals surface area contributed by atoms with Gasteiger partial charge in [-0.1, -0.05) is 18.2 Å². The average molecular weight is 292 g/mol. The molecule has 1 aromatic heterocycles. The normalized spacial score (nSPS) is 17.9. The van der Waals surface area contributed by atoms with Gasteiger partial charge in [-0.2, -0.15) is 0 Å². The molecule has 1 aliphatic carbocycles. The number of aliphatic hydroxyl groups excluding tert-OH is 1. The fourth-order valence-electron chi connectivity index (χ4n) is 2.50. The Morgan fingerprint density at radius 1 is 1.45 bits per heavy atom. The fourth-order valence-corrected chi connectivity index (χ4v) is 3.61. The van der Waals surface area contributed by atoms with Gasteiger partial charge in [0, 0.05) is 24.0 Å². The zero-order chi connectivity index (χ0) is 14.1. The van der Waals surface area contributed by atoms with Gasteiger partial charge in [0.05, 0.1) is 11.8 Å². The second-order valence-corrected chi connectivity index (χ2v) is 6.22. The molecule has 1 aliphatic rings. The molecule has 1 aromatic carbocycles. The van der Waals surface area contributed by atoms with E-state index in [1.165, 1.54) is 10.9 Å². The van der Waals surface area contributed by atoms with E-state index < -0.39 is 6.10 Å². The number of nitrogens with zero attached hydrogens (tertiary/aromatic N) is 2. The summed E-state index contributed by atoms with van der Waals surface area (Å²) in [4.78, 5) is 7.63. The molecule has 0 fully saturated rings. The van der Waals surface area contributed by atoms with Gasteiger partial charge in [-0.25, -0.2) is 9.37 Å². The van der Waals surface area contributed by atoms with E-state index in [9.17, 15) is 9.50 Å². The standard InChI is InChI=1S/C15H17FN2OS/c1-18(9-10-5-2-3-6-11(10)16)15-17-14-12(19)7-4-8-13(14)20-15/h2-3,5-6,12,19H,4,7-9H2,1H3. The molecule has 2 aromatic rings. The summed E-state index contributed by atoms with van der Waals surface area (Å²) in [6.45, 7) is 0.481. The zero-order valence-corrected chi connectivity index (χ0v) is 12.2. The maximum Gasteiger partial charge on any atom is 0.185 e. The monoisotopic (exact) mass is 292 g/mol. The molecule has 1 N–H and O–H groups in total. The Morgan fingerprint density at radius 2 is 2.25 bits per heavy atom. The fraction of sp³-hybridized carbons (Fsp3) is 0.400. The van der Waals surface area contributed by atoms with Crippen molar-refractivity contribution in [1.29, 1.82) is 0 Å². The Kier molecular flexibility index (Phi) is 3.72. The molecule has 0 spiro atoms. The van der Waals surface area contributed by atoms with Gasteiger partial charge in [0.1, 0.15) is 5.82 Å². The van der Waals surface area contributed by atoms with Crippen LogP contribution in [0.3, 0.4) is 0 Å². The van der Waals surface area contributed by atoms with Gasteiger partial charge in [-0.05, 0) is 25.3 Å². The Bertz CT molecular complexity index is 614. The zero-order valence-electron chi connectivity index (χ0n) is 11.3. The van der Waals surface area contributed by atoms with Crippen LogP contribution in [-0.4, -0.2) is 17.1 Å². The van der Waals surface area contributed by atoms with Crippen LogP contribution in [0.1, 0.15) is 35.1 Å². The third-order valence-corrected chi connectivity index (χ3v) is 4.85. The molecule has 0 saturated heterocycles. The highest BCUT2D eigenvalue weighted by atomic mass is 32.1.